The minimum atomic E-state index is -4.27. The Kier molecular flexibility index (Phi) is 4.56. The number of hydrogen-bond acceptors (Lipinski definition) is 1. The van der Waals surface area contributed by atoms with E-state index in [2.05, 4.69) is 27.8 Å². The molecule has 1 aliphatic heterocycles. The van der Waals surface area contributed by atoms with Crippen LogP contribution in [-0.2, 0) is 12.7 Å². The fourth-order valence-electron chi connectivity index (χ4n) is 2.48. The summed E-state index contributed by atoms with van der Waals surface area (Å²) in [4.78, 5) is 2.25. The van der Waals surface area contributed by atoms with Crippen molar-refractivity contribution in [3.8, 4) is 0 Å². The van der Waals surface area contributed by atoms with Crippen LogP contribution in [-0.4, -0.2) is 17.5 Å². The summed E-state index contributed by atoms with van der Waals surface area (Å²) >= 11 is 3.35. The van der Waals surface area contributed by atoms with Crippen LogP contribution in [0.3, 0.4) is 0 Å². The van der Waals surface area contributed by atoms with E-state index in [-0.39, 0.29) is 0 Å². The fraction of sp³-hybridized carbons (Fsp3) is 0.571. The van der Waals surface area contributed by atoms with Gasteiger partial charge in [-0.2, -0.15) is 13.2 Å². The molecule has 1 unspecified atom stereocenters. The zero-order valence-corrected chi connectivity index (χ0v) is 12.4. The van der Waals surface area contributed by atoms with E-state index in [9.17, 15) is 13.2 Å². The smallest absolute Gasteiger partial charge is 0.296 e. The molecule has 0 spiro atoms. The Morgan fingerprint density at radius 3 is 2.68 bits per heavy atom. The summed E-state index contributed by atoms with van der Waals surface area (Å²) in [5.74, 6) is 0. The lowest BCUT2D eigenvalue weighted by Crippen LogP contribution is -2.36. The Hall–Kier alpha value is -0.550. The number of benzene rings is 1. The van der Waals surface area contributed by atoms with Gasteiger partial charge in [-0.1, -0.05) is 22.4 Å². The van der Waals surface area contributed by atoms with E-state index in [0.29, 0.717) is 18.2 Å². The fourth-order valence-corrected chi connectivity index (χ4v) is 2.86. The summed E-state index contributed by atoms with van der Waals surface area (Å²) in [5.41, 5.74) is 0.138. The third kappa shape index (κ3) is 3.72. The van der Waals surface area contributed by atoms with Crippen LogP contribution in [0.4, 0.5) is 13.2 Å². The van der Waals surface area contributed by atoms with Gasteiger partial charge in [0.05, 0.1) is 5.56 Å². The lowest BCUT2D eigenvalue weighted by Gasteiger charge is -2.33. The molecule has 0 aliphatic carbocycles. The number of piperidine rings is 1. The number of likely N-dealkylation sites (tertiary alicyclic amines) is 1. The second-order valence-corrected chi connectivity index (χ2v) is 5.97. The molecular formula is C14H17BrF3N. The van der Waals surface area contributed by atoms with E-state index in [1.165, 1.54) is 18.6 Å². The SMILES string of the molecule is CC1CCCCN1Cc1cc(C(F)(F)F)ccc1Br. The van der Waals surface area contributed by atoms with Crippen molar-refractivity contribution >= 4 is 15.9 Å². The second kappa shape index (κ2) is 5.83. The molecule has 0 bridgehead atoms. The maximum absolute atomic E-state index is 12.7. The van der Waals surface area contributed by atoms with Crippen LogP contribution in [0.15, 0.2) is 22.7 Å². The highest BCUT2D eigenvalue weighted by molar-refractivity contribution is 9.10. The first-order chi connectivity index (χ1) is 8.88. The van der Waals surface area contributed by atoms with Crippen LogP contribution >= 0.6 is 15.9 Å². The van der Waals surface area contributed by atoms with Gasteiger partial charge in [0.15, 0.2) is 0 Å². The van der Waals surface area contributed by atoms with E-state index in [0.717, 1.165) is 29.9 Å². The first kappa shape index (κ1) is 14.9. The molecule has 2 rings (SSSR count). The van der Waals surface area contributed by atoms with Crippen LogP contribution in [0.2, 0.25) is 0 Å². The van der Waals surface area contributed by atoms with Crippen molar-refractivity contribution in [1.29, 1.82) is 0 Å². The maximum Gasteiger partial charge on any atom is 0.416 e. The standard InChI is InChI=1S/C14H17BrF3N/c1-10-4-2-3-7-19(10)9-11-8-12(14(16,17)18)5-6-13(11)15/h5-6,8,10H,2-4,7,9H2,1H3. The molecule has 1 atom stereocenters. The summed E-state index contributed by atoms with van der Waals surface area (Å²) in [7, 11) is 0. The predicted octanol–water partition coefficient (Wildman–Crippen LogP) is 4.84. The Morgan fingerprint density at radius 2 is 2.05 bits per heavy atom. The van der Waals surface area contributed by atoms with Crippen LogP contribution in [0.1, 0.15) is 37.3 Å². The van der Waals surface area contributed by atoms with Crippen LogP contribution in [0.5, 0.6) is 0 Å². The van der Waals surface area contributed by atoms with Gasteiger partial charge in [-0.25, -0.2) is 0 Å². The quantitative estimate of drug-likeness (QED) is 0.747. The monoisotopic (exact) mass is 335 g/mol. The van der Waals surface area contributed by atoms with Crippen molar-refractivity contribution in [2.24, 2.45) is 0 Å². The van der Waals surface area contributed by atoms with E-state index >= 15 is 0 Å². The van der Waals surface area contributed by atoms with Gasteiger partial charge < -0.3 is 0 Å². The largest absolute Gasteiger partial charge is 0.416 e. The van der Waals surface area contributed by atoms with Crippen LogP contribution < -0.4 is 0 Å². The van der Waals surface area contributed by atoms with Crippen molar-refractivity contribution < 1.29 is 13.2 Å². The highest BCUT2D eigenvalue weighted by atomic mass is 79.9. The third-order valence-electron chi connectivity index (χ3n) is 3.69. The van der Waals surface area contributed by atoms with Crippen molar-refractivity contribution in [2.45, 2.75) is 44.9 Å². The molecule has 1 fully saturated rings. The van der Waals surface area contributed by atoms with Crippen molar-refractivity contribution in [1.82, 2.24) is 4.90 Å². The average molecular weight is 336 g/mol. The minimum Gasteiger partial charge on any atom is -0.296 e. The zero-order chi connectivity index (χ0) is 14.0. The van der Waals surface area contributed by atoms with E-state index < -0.39 is 11.7 Å². The summed E-state index contributed by atoms with van der Waals surface area (Å²) in [6, 6.07) is 4.31. The first-order valence-corrected chi connectivity index (χ1v) is 7.27. The second-order valence-electron chi connectivity index (χ2n) is 5.12. The summed E-state index contributed by atoms with van der Waals surface area (Å²) in [6.45, 7) is 3.68. The Balaban J connectivity index is 2.19. The average Bonchev–Trinajstić information content (AvgIpc) is 2.33. The van der Waals surface area contributed by atoms with Gasteiger partial charge >= 0.3 is 6.18 Å². The molecule has 1 aliphatic rings. The van der Waals surface area contributed by atoms with Crippen molar-refractivity contribution in [2.75, 3.05) is 6.54 Å². The van der Waals surface area contributed by atoms with E-state index in [4.69, 9.17) is 0 Å². The molecule has 1 aromatic rings. The molecule has 0 saturated carbocycles. The predicted molar refractivity (Wildman–Crippen MR) is 72.9 cm³/mol. The van der Waals surface area contributed by atoms with Crippen molar-refractivity contribution in [3.05, 3.63) is 33.8 Å². The Bertz CT molecular complexity index is 445. The molecule has 1 heterocycles. The molecule has 5 heteroatoms. The van der Waals surface area contributed by atoms with E-state index in [1.54, 1.807) is 0 Å². The molecule has 106 valence electrons. The normalized spacial score (nSPS) is 21.6. The minimum absolute atomic E-state index is 0.440. The lowest BCUT2D eigenvalue weighted by atomic mass is 10.0. The highest BCUT2D eigenvalue weighted by Gasteiger charge is 2.31. The molecule has 0 aromatic heterocycles. The van der Waals surface area contributed by atoms with Gasteiger partial charge in [0.25, 0.3) is 0 Å². The number of hydrogen-bond donors (Lipinski definition) is 0. The molecular weight excluding hydrogens is 319 g/mol. The van der Waals surface area contributed by atoms with Crippen LogP contribution in [0, 0.1) is 0 Å². The Morgan fingerprint density at radius 1 is 1.32 bits per heavy atom. The molecule has 19 heavy (non-hydrogen) atoms. The number of halogens is 4. The highest BCUT2D eigenvalue weighted by Crippen LogP contribution is 2.33. The van der Waals surface area contributed by atoms with Crippen molar-refractivity contribution in [3.63, 3.8) is 0 Å². The third-order valence-corrected chi connectivity index (χ3v) is 4.46. The van der Waals surface area contributed by atoms with Gasteiger partial charge in [-0.3, -0.25) is 4.90 Å². The molecule has 0 radical (unpaired) electrons. The van der Waals surface area contributed by atoms with Crippen LogP contribution in [0.25, 0.3) is 0 Å². The Labute approximate surface area is 119 Å². The van der Waals surface area contributed by atoms with Gasteiger partial charge in [0.1, 0.15) is 0 Å². The molecule has 1 nitrogen and oxygen atoms in total. The maximum atomic E-state index is 12.7. The summed E-state index contributed by atoms with van der Waals surface area (Å²) in [5, 5.41) is 0. The molecule has 0 amide bonds. The van der Waals surface area contributed by atoms with Gasteiger partial charge in [0, 0.05) is 17.1 Å². The summed E-state index contributed by atoms with van der Waals surface area (Å²) in [6.07, 6.45) is -0.818. The zero-order valence-electron chi connectivity index (χ0n) is 10.8. The molecule has 1 aromatic carbocycles. The van der Waals surface area contributed by atoms with Gasteiger partial charge in [0.2, 0.25) is 0 Å². The molecule has 1 saturated heterocycles. The lowest BCUT2D eigenvalue weighted by molar-refractivity contribution is -0.137. The topological polar surface area (TPSA) is 3.24 Å². The first-order valence-electron chi connectivity index (χ1n) is 6.47. The number of nitrogens with zero attached hydrogens (tertiary/aromatic N) is 1. The number of alkyl halides is 3. The van der Waals surface area contributed by atoms with E-state index in [1.807, 2.05) is 0 Å². The van der Waals surface area contributed by atoms with Gasteiger partial charge in [-0.05, 0) is 50.1 Å². The molecule has 0 N–H and O–H groups in total. The van der Waals surface area contributed by atoms with Gasteiger partial charge in [-0.15, -0.1) is 0 Å². The number of rotatable bonds is 2. The summed E-state index contributed by atoms with van der Waals surface area (Å²) < 4.78 is 38.9.